The molecule has 0 spiro atoms. The van der Waals surface area contributed by atoms with Gasteiger partial charge in [0.05, 0.1) is 10.6 Å². The zero-order valence-electron chi connectivity index (χ0n) is 10.7. The van der Waals surface area contributed by atoms with Crippen molar-refractivity contribution in [2.75, 3.05) is 0 Å². The molecule has 1 heterocycles. The minimum absolute atomic E-state index is 0.0258. The molecule has 6 heteroatoms. The molecule has 0 amide bonds. The molecule has 20 heavy (non-hydrogen) atoms. The standard InChI is InChI=1S/C14H10BrClN2OS/c1-7-8(2)20-14(11(7)5-17)18-6-9-3-10(15)4-12(16)13(9)19/h3-4,6,19H,1-2H3/b18-6+. The summed E-state index contributed by atoms with van der Waals surface area (Å²) in [6, 6.07) is 5.48. The van der Waals surface area contributed by atoms with E-state index in [1.807, 2.05) is 13.8 Å². The van der Waals surface area contributed by atoms with Crippen LogP contribution in [-0.4, -0.2) is 11.3 Å². The lowest BCUT2D eigenvalue weighted by atomic mass is 10.2. The highest BCUT2D eigenvalue weighted by atomic mass is 79.9. The lowest BCUT2D eigenvalue weighted by molar-refractivity contribution is 0.474. The fraction of sp³-hybridized carbons (Fsp3) is 0.143. The Kier molecular flexibility index (Phi) is 4.48. The quantitative estimate of drug-likeness (QED) is 0.748. The fourth-order valence-electron chi connectivity index (χ4n) is 1.64. The second kappa shape index (κ2) is 5.96. The van der Waals surface area contributed by atoms with Gasteiger partial charge in [-0.1, -0.05) is 27.5 Å². The third kappa shape index (κ3) is 2.88. The third-order valence-corrected chi connectivity index (χ3v) is 4.72. The number of nitrogens with zero attached hydrogens (tertiary/aromatic N) is 2. The number of halogens is 2. The van der Waals surface area contributed by atoms with Crippen molar-refractivity contribution in [3.05, 3.63) is 43.2 Å². The van der Waals surface area contributed by atoms with E-state index in [0.29, 0.717) is 16.1 Å². The summed E-state index contributed by atoms with van der Waals surface area (Å²) in [5.41, 5.74) is 2.02. The van der Waals surface area contributed by atoms with Crippen LogP contribution in [0, 0.1) is 25.2 Å². The molecule has 0 aliphatic rings. The Morgan fingerprint density at radius 2 is 2.15 bits per heavy atom. The lowest BCUT2D eigenvalue weighted by Gasteiger charge is -2.02. The number of aromatic hydroxyl groups is 1. The summed E-state index contributed by atoms with van der Waals surface area (Å²) >= 11 is 10.7. The molecule has 0 aliphatic heterocycles. The van der Waals surface area contributed by atoms with E-state index in [1.54, 1.807) is 12.1 Å². The van der Waals surface area contributed by atoms with Crippen molar-refractivity contribution in [1.82, 2.24) is 0 Å². The molecule has 0 saturated carbocycles. The molecule has 0 bridgehead atoms. The summed E-state index contributed by atoms with van der Waals surface area (Å²) < 4.78 is 0.751. The van der Waals surface area contributed by atoms with E-state index in [4.69, 9.17) is 16.9 Å². The van der Waals surface area contributed by atoms with Gasteiger partial charge in [-0.15, -0.1) is 11.3 Å². The number of aliphatic imine (C=N–C) groups is 1. The second-order valence-corrected chi connectivity index (χ2v) is 6.68. The lowest BCUT2D eigenvalue weighted by Crippen LogP contribution is -1.84. The number of hydrogen-bond donors (Lipinski definition) is 1. The van der Waals surface area contributed by atoms with Gasteiger partial charge in [-0.05, 0) is 31.5 Å². The topological polar surface area (TPSA) is 56.4 Å². The first-order valence-corrected chi connectivity index (χ1v) is 7.65. The number of phenolic OH excluding ortho intramolecular Hbond substituents is 1. The fourth-order valence-corrected chi connectivity index (χ4v) is 3.43. The number of thiophene rings is 1. The van der Waals surface area contributed by atoms with Crippen LogP contribution in [0.3, 0.4) is 0 Å². The first-order chi connectivity index (χ1) is 9.43. The predicted molar refractivity (Wildman–Crippen MR) is 86.6 cm³/mol. The molecule has 3 nitrogen and oxygen atoms in total. The van der Waals surface area contributed by atoms with E-state index in [9.17, 15) is 5.11 Å². The average molecular weight is 370 g/mol. The molecule has 0 unspecified atom stereocenters. The highest BCUT2D eigenvalue weighted by molar-refractivity contribution is 9.10. The summed E-state index contributed by atoms with van der Waals surface area (Å²) in [6.07, 6.45) is 1.51. The van der Waals surface area contributed by atoms with Gasteiger partial charge >= 0.3 is 0 Å². The van der Waals surface area contributed by atoms with Gasteiger partial charge in [-0.2, -0.15) is 5.26 Å². The van der Waals surface area contributed by atoms with Crippen LogP contribution >= 0.6 is 38.9 Å². The Bertz CT molecular complexity index is 743. The van der Waals surface area contributed by atoms with Gasteiger partial charge in [-0.25, -0.2) is 4.99 Å². The van der Waals surface area contributed by atoms with Crippen molar-refractivity contribution in [2.24, 2.45) is 4.99 Å². The molecule has 1 aromatic heterocycles. The Labute approximate surface area is 134 Å². The maximum atomic E-state index is 9.88. The number of aryl methyl sites for hydroxylation is 1. The van der Waals surface area contributed by atoms with E-state index < -0.39 is 0 Å². The molecule has 1 aromatic carbocycles. The first-order valence-electron chi connectivity index (χ1n) is 5.66. The van der Waals surface area contributed by atoms with Gasteiger partial charge < -0.3 is 5.11 Å². The molecule has 2 rings (SSSR count). The summed E-state index contributed by atoms with van der Waals surface area (Å²) in [5, 5.41) is 19.9. The van der Waals surface area contributed by atoms with Crippen LogP contribution in [0.1, 0.15) is 21.6 Å². The summed E-state index contributed by atoms with van der Waals surface area (Å²) in [6.45, 7) is 3.85. The number of benzene rings is 1. The van der Waals surface area contributed by atoms with E-state index in [0.717, 1.165) is 14.9 Å². The van der Waals surface area contributed by atoms with E-state index >= 15 is 0 Å². The molecule has 2 aromatic rings. The van der Waals surface area contributed by atoms with Crippen LogP contribution in [0.4, 0.5) is 5.00 Å². The Hall–Kier alpha value is -1.35. The van der Waals surface area contributed by atoms with Crippen LogP contribution < -0.4 is 0 Å². The van der Waals surface area contributed by atoms with Gasteiger partial charge in [0.1, 0.15) is 16.8 Å². The molecule has 0 aliphatic carbocycles. The number of nitriles is 1. The SMILES string of the molecule is Cc1sc(/N=C/c2cc(Br)cc(Cl)c2O)c(C#N)c1C. The van der Waals surface area contributed by atoms with Crippen LogP contribution in [0.15, 0.2) is 21.6 Å². The van der Waals surface area contributed by atoms with Crippen LogP contribution in [0.2, 0.25) is 5.02 Å². The number of hydrogen-bond acceptors (Lipinski definition) is 4. The Morgan fingerprint density at radius 3 is 2.80 bits per heavy atom. The molecule has 0 radical (unpaired) electrons. The van der Waals surface area contributed by atoms with Gasteiger partial charge in [0.2, 0.25) is 0 Å². The first kappa shape index (κ1) is 15.0. The maximum Gasteiger partial charge on any atom is 0.143 e. The van der Waals surface area contributed by atoms with E-state index in [1.165, 1.54) is 17.6 Å². The second-order valence-electron chi connectivity index (χ2n) is 4.16. The molecule has 0 saturated heterocycles. The molecule has 102 valence electrons. The van der Waals surface area contributed by atoms with E-state index in [-0.39, 0.29) is 10.8 Å². The van der Waals surface area contributed by atoms with Gasteiger partial charge in [0.25, 0.3) is 0 Å². The Balaban J connectivity index is 2.45. The third-order valence-electron chi connectivity index (χ3n) is 2.86. The smallest absolute Gasteiger partial charge is 0.143 e. The zero-order valence-corrected chi connectivity index (χ0v) is 13.9. The van der Waals surface area contributed by atoms with Crippen LogP contribution in [-0.2, 0) is 0 Å². The predicted octanol–water partition coefficient (Wildman–Crippen LogP) is 5.11. The monoisotopic (exact) mass is 368 g/mol. The van der Waals surface area contributed by atoms with Crippen LogP contribution in [0.25, 0.3) is 0 Å². The van der Waals surface area contributed by atoms with Gasteiger partial charge in [0.15, 0.2) is 0 Å². The molecular weight excluding hydrogens is 360 g/mol. The average Bonchev–Trinajstić information content (AvgIpc) is 2.67. The minimum atomic E-state index is -0.0258. The Morgan fingerprint density at radius 1 is 1.45 bits per heavy atom. The normalized spacial score (nSPS) is 10.9. The van der Waals surface area contributed by atoms with Gasteiger partial charge in [0, 0.05) is 21.1 Å². The van der Waals surface area contributed by atoms with Crippen molar-refractivity contribution in [3.8, 4) is 11.8 Å². The summed E-state index contributed by atoms with van der Waals surface area (Å²) in [5.74, 6) is -0.0258. The highest BCUT2D eigenvalue weighted by Crippen LogP contribution is 2.35. The van der Waals surface area contributed by atoms with Gasteiger partial charge in [-0.3, -0.25) is 0 Å². The number of phenols is 1. The largest absolute Gasteiger partial charge is 0.506 e. The maximum absolute atomic E-state index is 9.88. The summed E-state index contributed by atoms with van der Waals surface area (Å²) in [7, 11) is 0. The molecule has 0 atom stereocenters. The van der Waals surface area contributed by atoms with Crippen molar-refractivity contribution in [1.29, 1.82) is 5.26 Å². The minimum Gasteiger partial charge on any atom is -0.506 e. The van der Waals surface area contributed by atoms with Crippen LogP contribution in [0.5, 0.6) is 5.75 Å². The molecular formula is C14H10BrClN2OS. The number of rotatable bonds is 2. The molecule has 1 N–H and O–H groups in total. The molecule has 0 fully saturated rings. The zero-order chi connectivity index (χ0) is 14.9. The van der Waals surface area contributed by atoms with Crippen molar-refractivity contribution in [3.63, 3.8) is 0 Å². The van der Waals surface area contributed by atoms with Crippen molar-refractivity contribution < 1.29 is 5.11 Å². The highest BCUT2D eigenvalue weighted by Gasteiger charge is 2.11. The van der Waals surface area contributed by atoms with Crippen molar-refractivity contribution >= 4 is 50.1 Å². The van der Waals surface area contributed by atoms with Crippen molar-refractivity contribution in [2.45, 2.75) is 13.8 Å². The summed E-state index contributed by atoms with van der Waals surface area (Å²) in [4.78, 5) is 5.36. The van der Waals surface area contributed by atoms with E-state index in [2.05, 4.69) is 27.0 Å².